The molecule has 1 aliphatic heterocycles. The lowest BCUT2D eigenvalue weighted by atomic mass is 10.0. The first-order chi connectivity index (χ1) is 9.67. The number of benzene rings is 1. The van der Waals surface area contributed by atoms with Crippen molar-refractivity contribution in [3.05, 3.63) is 35.4 Å². The smallest absolute Gasteiger partial charge is 0.231 e. The molecule has 1 aromatic rings. The van der Waals surface area contributed by atoms with Crippen LogP contribution in [0.5, 0.6) is 0 Å². The van der Waals surface area contributed by atoms with E-state index in [1.165, 1.54) is 0 Å². The van der Waals surface area contributed by atoms with Gasteiger partial charge in [0, 0.05) is 25.7 Å². The zero-order chi connectivity index (χ0) is 14.4. The molecule has 106 valence electrons. The number of carbonyl (C=O) groups excluding carboxylic acids is 1. The number of piperidine rings is 1. The molecule has 1 fully saturated rings. The van der Waals surface area contributed by atoms with Gasteiger partial charge in [0.2, 0.25) is 5.91 Å². The molecule has 2 rings (SSSR count). The summed E-state index contributed by atoms with van der Waals surface area (Å²) in [5, 5.41) is 12.4. The second-order valence-electron chi connectivity index (χ2n) is 5.21. The third-order valence-electron chi connectivity index (χ3n) is 3.62. The van der Waals surface area contributed by atoms with Crippen molar-refractivity contribution in [3.63, 3.8) is 0 Å². The van der Waals surface area contributed by atoms with Crippen LogP contribution < -0.4 is 11.1 Å². The van der Waals surface area contributed by atoms with E-state index >= 15 is 0 Å². The van der Waals surface area contributed by atoms with E-state index in [4.69, 9.17) is 11.0 Å². The van der Waals surface area contributed by atoms with Crippen LogP contribution in [0.2, 0.25) is 0 Å². The average Bonchev–Trinajstić information content (AvgIpc) is 2.46. The quantitative estimate of drug-likeness (QED) is 0.822. The van der Waals surface area contributed by atoms with Crippen molar-refractivity contribution in [2.45, 2.75) is 25.4 Å². The molecule has 20 heavy (non-hydrogen) atoms. The molecule has 1 heterocycles. The van der Waals surface area contributed by atoms with Gasteiger partial charge in [-0.15, -0.1) is 0 Å². The molecule has 5 heteroatoms. The summed E-state index contributed by atoms with van der Waals surface area (Å²) in [5.41, 5.74) is 7.02. The Bertz CT molecular complexity index is 501. The van der Waals surface area contributed by atoms with Crippen molar-refractivity contribution in [3.8, 4) is 6.07 Å². The van der Waals surface area contributed by atoms with Crippen LogP contribution in [0.3, 0.4) is 0 Å². The summed E-state index contributed by atoms with van der Waals surface area (Å²) in [6.07, 6.45) is 2.04. The number of hydrogen-bond donors (Lipinski definition) is 2. The van der Waals surface area contributed by atoms with Gasteiger partial charge < -0.3 is 11.1 Å². The first-order valence-corrected chi connectivity index (χ1v) is 6.90. The lowest BCUT2D eigenvalue weighted by Crippen LogP contribution is -2.45. The molecule has 5 nitrogen and oxygen atoms in total. The second-order valence-corrected chi connectivity index (χ2v) is 5.21. The van der Waals surface area contributed by atoms with Crippen molar-refractivity contribution in [1.29, 1.82) is 5.26 Å². The lowest BCUT2D eigenvalue weighted by molar-refractivity contribution is -0.119. The molecule has 0 aliphatic carbocycles. The van der Waals surface area contributed by atoms with Gasteiger partial charge in [0.05, 0.1) is 18.2 Å². The van der Waals surface area contributed by atoms with Gasteiger partial charge in [-0.2, -0.15) is 5.26 Å². The number of likely N-dealkylation sites (tertiary alicyclic amines) is 1. The van der Waals surface area contributed by atoms with E-state index in [-0.39, 0.29) is 5.91 Å². The van der Waals surface area contributed by atoms with Gasteiger partial charge in [0.1, 0.15) is 0 Å². The fourth-order valence-corrected chi connectivity index (χ4v) is 2.53. The van der Waals surface area contributed by atoms with E-state index < -0.39 is 0 Å². The van der Waals surface area contributed by atoms with Gasteiger partial charge in [-0.1, -0.05) is 12.1 Å². The highest BCUT2D eigenvalue weighted by molar-refractivity contribution is 5.75. The zero-order valence-corrected chi connectivity index (χ0v) is 11.5. The summed E-state index contributed by atoms with van der Waals surface area (Å²) in [5.74, 6) is -0.260. The molecule has 0 saturated carbocycles. The lowest BCUT2D eigenvalue weighted by Gasteiger charge is -2.31. The highest BCUT2D eigenvalue weighted by Crippen LogP contribution is 2.11. The number of amides is 1. The number of nitrogens with one attached hydrogen (secondary N) is 1. The molecule has 0 aromatic heterocycles. The van der Waals surface area contributed by atoms with Gasteiger partial charge in [0.15, 0.2) is 0 Å². The Morgan fingerprint density at radius 1 is 1.45 bits per heavy atom. The molecule has 0 spiro atoms. The average molecular weight is 272 g/mol. The highest BCUT2D eigenvalue weighted by Gasteiger charge is 2.19. The first-order valence-electron chi connectivity index (χ1n) is 6.90. The second kappa shape index (κ2) is 7.04. The van der Waals surface area contributed by atoms with E-state index in [2.05, 4.69) is 16.3 Å². The number of rotatable bonds is 5. The van der Waals surface area contributed by atoms with Crippen molar-refractivity contribution < 1.29 is 4.79 Å². The maximum Gasteiger partial charge on any atom is 0.231 e. The molecule has 0 radical (unpaired) electrons. The largest absolute Gasteiger partial charge is 0.369 e. The molecule has 0 unspecified atom stereocenters. The molecule has 1 aliphatic rings. The van der Waals surface area contributed by atoms with Crippen LogP contribution in [0.1, 0.15) is 24.0 Å². The Labute approximate surface area is 119 Å². The molecule has 0 atom stereocenters. The number of carbonyl (C=O) groups is 1. The van der Waals surface area contributed by atoms with Crippen molar-refractivity contribution in [1.82, 2.24) is 10.2 Å². The predicted octanol–water partition coefficient (Wildman–Crippen LogP) is 0.598. The Balaban J connectivity index is 1.76. The minimum absolute atomic E-state index is 0.260. The number of nitrogens with zero attached hydrogens (tertiary/aromatic N) is 2. The Kier molecular flexibility index (Phi) is 5.10. The summed E-state index contributed by atoms with van der Waals surface area (Å²) >= 11 is 0. The predicted molar refractivity (Wildman–Crippen MR) is 76.7 cm³/mol. The van der Waals surface area contributed by atoms with Crippen LogP contribution in [-0.4, -0.2) is 36.5 Å². The fourth-order valence-electron chi connectivity index (χ4n) is 2.53. The van der Waals surface area contributed by atoms with E-state index in [0.717, 1.165) is 38.0 Å². The van der Waals surface area contributed by atoms with Crippen molar-refractivity contribution >= 4 is 5.91 Å². The maximum absolute atomic E-state index is 10.9. The molecule has 1 amide bonds. The Morgan fingerprint density at radius 3 is 2.85 bits per heavy atom. The Hall–Kier alpha value is -1.90. The molecule has 3 N–H and O–H groups in total. The van der Waals surface area contributed by atoms with Gasteiger partial charge in [-0.3, -0.25) is 9.69 Å². The minimum atomic E-state index is -0.260. The van der Waals surface area contributed by atoms with Crippen LogP contribution in [-0.2, 0) is 11.3 Å². The first kappa shape index (κ1) is 14.5. The molecule has 1 aromatic carbocycles. The van der Waals surface area contributed by atoms with Gasteiger partial charge in [0.25, 0.3) is 0 Å². The third kappa shape index (κ3) is 4.34. The summed E-state index contributed by atoms with van der Waals surface area (Å²) in [6, 6.07) is 10.3. The van der Waals surface area contributed by atoms with Crippen LogP contribution in [0.4, 0.5) is 0 Å². The van der Waals surface area contributed by atoms with Crippen molar-refractivity contribution in [2.24, 2.45) is 5.73 Å². The van der Waals surface area contributed by atoms with Crippen LogP contribution in [0.25, 0.3) is 0 Å². The number of hydrogen-bond acceptors (Lipinski definition) is 4. The standard InChI is InChI=1S/C15H20N4O/c16-9-12-2-1-3-13(8-12)10-18-14-4-6-19(7-5-14)11-15(17)20/h1-3,8,14,18H,4-7,10-11H2,(H2,17,20). The highest BCUT2D eigenvalue weighted by atomic mass is 16.1. The number of primary amides is 1. The summed E-state index contributed by atoms with van der Waals surface area (Å²) < 4.78 is 0. The van der Waals surface area contributed by atoms with Gasteiger partial charge in [-0.05, 0) is 30.5 Å². The number of nitriles is 1. The van der Waals surface area contributed by atoms with E-state index in [1.54, 1.807) is 0 Å². The van der Waals surface area contributed by atoms with E-state index in [9.17, 15) is 4.79 Å². The Morgan fingerprint density at radius 2 is 2.20 bits per heavy atom. The number of nitrogens with two attached hydrogens (primary N) is 1. The SMILES string of the molecule is N#Cc1cccc(CNC2CCN(CC(N)=O)CC2)c1. The summed E-state index contributed by atoms with van der Waals surface area (Å²) in [4.78, 5) is 13.0. The van der Waals surface area contributed by atoms with Crippen LogP contribution >= 0.6 is 0 Å². The summed E-state index contributed by atoms with van der Waals surface area (Å²) in [6.45, 7) is 2.94. The fraction of sp³-hybridized carbons (Fsp3) is 0.467. The molecular weight excluding hydrogens is 252 g/mol. The normalized spacial score (nSPS) is 16.8. The third-order valence-corrected chi connectivity index (χ3v) is 3.62. The van der Waals surface area contributed by atoms with Crippen molar-refractivity contribution in [2.75, 3.05) is 19.6 Å². The van der Waals surface area contributed by atoms with Gasteiger partial charge >= 0.3 is 0 Å². The van der Waals surface area contributed by atoms with Gasteiger partial charge in [-0.25, -0.2) is 0 Å². The molecular formula is C15H20N4O. The zero-order valence-electron chi connectivity index (χ0n) is 11.5. The van der Waals surface area contributed by atoms with E-state index in [0.29, 0.717) is 18.2 Å². The van der Waals surface area contributed by atoms with Crippen LogP contribution in [0.15, 0.2) is 24.3 Å². The molecule has 1 saturated heterocycles. The topological polar surface area (TPSA) is 82.2 Å². The van der Waals surface area contributed by atoms with E-state index in [1.807, 2.05) is 24.3 Å². The van der Waals surface area contributed by atoms with Crippen LogP contribution in [0, 0.1) is 11.3 Å². The molecule has 0 bridgehead atoms. The monoisotopic (exact) mass is 272 g/mol. The summed E-state index contributed by atoms with van der Waals surface area (Å²) in [7, 11) is 0. The maximum atomic E-state index is 10.9. The minimum Gasteiger partial charge on any atom is -0.369 e.